The second-order valence-corrected chi connectivity index (χ2v) is 11.3. The van der Waals surface area contributed by atoms with Gasteiger partial charge < -0.3 is 20.2 Å². The first-order chi connectivity index (χ1) is 18.5. The van der Waals surface area contributed by atoms with E-state index >= 15 is 0 Å². The molecule has 1 atom stereocenters. The molecule has 2 aromatic carbocycles. The van der Waals surface area contributed by atoms with Gasteiger partial charge in [-0.3, -0.25) is 14.5 Å². The second kappa shape index (κ2) is 10.6. The number of benzene rings is 2. The van der Waals surface area contributed by atoms with Crippen molar-refractivity contribution >= 4 is 29.1 Å². The fourth-order valence-corrected chi connectivity index (χ4v) is 5.96. The maximum Gasteiger partial charge on any atom is 0.430 e. The van der Waals surface area contributed by atoms with Crippen molar-refractivity contribution in [2.24, 2.45) is 5.92 Å². The van der Waals surface area contributed by atoms with Crippen LogP contribution in [0.15, 0.2) is 48.5 Å². The van der Waals surface area contributed by atoms with Crippen molar-refractivity contribution in [1.29, 1.82) is 0 Å². The summed E-state index contributed by atoms with van der Waals surface area (Å²) in [6.45, 7) is 5.38. The minimum absolute atomic E-state index is 0.0539. The standard InChI is InChI=1S/C28H32ClF3N4O3/c1-18-14-36(15-18)25(37)23-8-7-20(13-24(23)29)33-21-16-35(17-21)22-9-11-34(12-10-22)26(38)27(39,28(30,31)32)19-5-3-2-4-6-19/h2-8,13,18,21-22,33,39H,9-12,14-17H2,1H3/t27-/m0/s1. The summed E-state index contributed by atoms with van der Waals surface area (Å²) in [4.78, 5) is 30.7. The van der Waals surface area contributed by atoms with Crippen LogP contribution in [-0.2, 0) is 10.4 Å². The van der Waals surface area contributed by atoms with Crippen LogP contribution in [0, 0.1) is 5.92 Å². The van der Waals surface area contributed by atoms with Crippen LogP contribution in [0.2, 0.25) is 5.02 Å². The predicted molar refractivity (Wildman–Crippen MR) is 141 cm³/mol. The first kappa shape index (κ1) is 27.7. The van der Waals surface area contributed by atoms with E-state index in [1.807, 2.05) is 6.07 Å². The Morgan fingerprint density at radius 3 is 2.18 bits per heavy atom. The average Bonchev–Trinajstić information content (AvgIpc) is 2.87. The Labute approximate surface area is 230 Å². The van der Waals surface area contributed by atoms with Gasteiger partial charge in [-0.15, -0.1) is 0 Å². The summed E-state index contributed by atoms with van der Waals surface area (Å²) in [5.41, 5.74) is -2.72. The minimum Gasteiger partial charge on any atom is -0.380 e. The summed E-state index contributed by atoms with van der Waals surface area (Å²) in [6.07, 6.45) is -4.08. The number of aliphatic hydroxyl groups is 1. The van der Waals surface area contributed by atoms with Crippen LogP contribution in [0.1, 0.15) is 35.7 Å². The van der Waals surface area contributed by atoms with Crippen molar-refractivity contribution in [2.45, 2.75) is 43.6 Å². The number of carbonyl (C=O) groups excluding carboxylic acids is 2. The zero-order valence-corrected chi connectivity index (χ0v) is 22.4. The molecule has 0 spiro atoms. The van der Waals surface area contributed by atoms with Crippen molar-refractivity contribution in [3.8, 4) is 0 Å². The second-order valence-electron chi connectivity index (χ2n) is 10.9. The van der Waals surface area contributed by atoms with Crippen molar-refractivity contribution in [1.82, 2.24) is 14.7 Å². The third-order valence-corrected chi connectivity index (χ3v) is 8.32. The van der Waals surface area contributed by atoms with Gasteiger partial charge in [0.05, 0.1) is 16.6 Å². The van der Waals surface area contributed by atoms with Gasteiger partial charge in [0.1, 0.15) is 0 Å². The largest absolute Gasteiger partial charge is 0.430 e. The van der Waals surface area contributed by atoms with E-state index in [9.17, 15) is 27.9 Å². The monoisotopic (exact) mass is 564 g/mol. The summed E-state index contributed by atoms with van der Waals surface area (Å²) in [5.74, 6) is -0.868. The number of hydrogen-bond acceptors (Lipinski definition) is 5. The van der Waals surface area contributed by atoms with Crippen LogP contribution in [0.3, 0.4) is 0 Å². The maximum atomic E-state index is 13.9. The number of alkyl halides is 3. The lowest BCUT2D eigenvalue weighted by molar-refractivity contribution is -0.262. The highest BCUT2D eigenvalue weighted by atomic mass is 35.5. The fraction of sp³-hybridized carbons (Fsp3) is 0.500. The van der Waals surface area contributed by atoms with Crippen LogP contribution < -0.4 is 5.32 Å². The first-order valence-corrected chi connectivity index (χ1v) is 13.6. The van der Waals surface area contributed by atoms with Gasteiger partial charge in [0.25, 0.3) is 17.4 Å². The summed E-state index contributed by atoms with van der Waals surface area (Å²) in [7, 11) is 0. The van der Waals surface area contributed by atoms with Gasteiger partial charge in [0.15, 0.2) is 0 Å². The van der Waals surface area contributed by atoms with Crippen molar-refractivity contribution in [3.05, 3.63) is 64.7 Å². The van der Waals surface area contributed by atoms with Gasteiger partial charge in [-0.1, -0.05) is 48.9 Å². The highest BCUT2D eigenvalue weighted by Crippen LogP contribution is 2.41. The number of amides is 2. The van der Waals surface area contributed by atoms with Gasteiger partial charge >= 0.3 is 6.18 Å². The quantitative estimate of drug-likeness (QED) is 0.555. The smallest absolute Gasteiger partial charge is 0.380 e. The van der Waals surface area contributed by atoms with Crippen LogP contribution in [0.5, 0.6) is 0 Å². The van der Waals surface area contributed by atoms with Gasteiger partial charge in [-0.05, 0) is 37.0 Å². The highest BCUT2D eigenvalue weighted by molar-refractivity contribution is 6.34. The van der Waals surface area contributed by atoms with Crippen LogP contribution in [-0.4, -0.2) is 89.1 Å². The molecule has 3 fully saturated rings. The van der Waals surface area contributed by atoms with E-state index in [1.54, 1.807) is 17.0 Å². The zero-order valence-electron chi connectivity index (χ0n) is 21.6. The van der Waals surface area contributed by atoms with Gasteiger partial charge in [-0.25, -0.2) is 0 Å². The van der Waals surface area contributed by atoms with Crippen LogP contribution >= 0.6 is 11.6 Å². The fourth-order valence-electron chi connectivity index (χ4n) is 5.70. The van der Waals surface area contributed by atoms with E-state index in [0.29, 0.717) is 29.3 Å². The molecule has 3 heterocycles. The molecule has 0 aliphatic carbocycles. The first-order valence-electron chi connectivity index (χ1n) is 13.2. The Balaban J connectivity index is 1.12. The summed E-state index contributed by atoms with van der Waals surface area (Å²) >= 11 is 6.40. The van der Waals surface area contributed by atoms with Crippen molar-refractivity contribution in [3.63, 3.8) is 0 Å². The van der Waals surface area contributed by atoms with E-state index in [1.165, 1.54) is 18.2 Å². The third kappa shape index (κ3) is 5.34. The number of nitrogens with one attached hydrogen (secondary N) is 1. The van der Waals surface area contributed by atoms with Crippen molar-refractivity contribution < 1.29 is 27.9 Å². The molecule has 39 heavy (non-hydrogen) atoms. The summed E-state index contributed by atoms with van der Waals surface area (Å²) in [6, 6.07) is 12.2. The molecule has 2 aromatic rings. The Bertz CT molecular complexity index is 1210. The van der Waals surface area contributed by atoms with E-state index in [2.05, 4.69) is 17.1 Å². The Morgan fingerprint density at radius 1 is 0.974 bits per heavy atom. The number of carbonyl (C=O) groups is 2. The van der Waals surface area contributed by atoms with Gasteiger partial charge in [0.2, 0.25) is 0 Å². The van der Waals surface area contributed by atoms with Crippen molar-refractivity contribution in [2.75, 3.05) is 44.6 Å². The Kier molecular flexibility index (Phi) is 7.56. The van der Waals surface area contributed by atoms with E-state index in [0.717, 1.165) is 48.9 Å². The molecule has 0 aromatic heterocycles. The topological polar surface area (TPSA) is 76.1 Å². The van der Waals surface area contributed by atoms with Crippen LogP contribution in [0.25, 0.3) is 0 Å². The number of hydrogen-bond donors (Lipinski definition) is 2. The average molecular weight is 565 g/mol. The lowest BCUT2D eigenvalue weighted by Gasteiger charge is -2.48. The molecular formula is C28H32ClF3N4O3. The van der Waals surface area contributed by atoms with E-state index in [4.69, 9.17) is 11.6 Å². The molecule has 11 heteroatoms. The predicted octanol–water partition coefficient (Wildman–Crippen LogP) is 3.97. The molecule has 3 aliphatic rings. The molecule has 0 saturated carbocycles. The van der Waals surface area contributed by atoms with E-state index in [-0.39, 0.29) is 31.1 Å². The number of piperidine rings is 1. The van der Waals surface area contributed by atoms with Gasteiger partial charge in [0, 0.05) is 56.6 Å². The Hall–Kier alpha value is -2.82. The molecule has 210 valence electrons. The van der Waals surface area contributed by atoms with E-state index < -0.39 is 23.2 Å². The van der Waals surface area contributed by atoms with Gasteiger partial charge in [-0.2, -0.15) is 13.2 Å². The SMILES string of the molecule is CC1CN(C(=O)c2ccc(NC3CN(C4CCN(C(=O)[C@@](O)(c5ccccc5)C(F)(F)F)CC4)C3)cc2Cl)C1. The summed E-state index contributed by atoms with van der Waals surface area (Å²) in [5, 5.41) is 14.4. The van der Waals surface area contributed by atoms with Crippen LogP contribution in [0.4, 0.5) is 18.9 Å². The highest BCUT2D eigenvalue weighted by Gasteiger charge is 2.62. The molecule has 0 unspecified atom stereocenters. The number of anilines is 1. The molecule has 0 radical (unpaired) electrons. The molecule has 2 N–H and O–H groups in total. The lowest BCUT2D eigenvalue weighted by Crippen LogP contribution is -2.62. The maximum absolute atomic E-state index is 13.9. The minimum atomic E-state index is -5.14. The zero-order chi connectivity index (χ0) is 27.9. The summed E-state index contributed by atoms with van der Waals surface area (Å²) < 4.78 is 41.7. The molecule has 0 bridgehead atoms. The molecule has 2 amide bonds. The molecule has 3 aliphatic heterocycles. The lowest BCUT2D eigenvalue weighted by atomic mass is 9.89. The molecule has 5 rings (SSSR count). The molecular weight excluding hydrogens is 533 g/mol. The normalized spacial score (nSPS) is 21.2. The molecule has 7 nitrogen and oxygen atoms in total. The molecule has 3 saturated heterocycles. The number of rotatable bonds is 6. The number of halogens is 4. The Morgan fingerprint density at radius 2 is 1.62 bits per heavy atom. The third-order valence-electron chi connectivity index (χ3n) is 8.01. The number of nitrogens with zero attached hydrogens (tertiary/aromatic N) is 3. The number of likely N-dealkylation sites (tertiary alicyclic amines) is 3.